The van der Waals surface area contributed by atoms with Crippen molar-refractivity contribution in [2.45, 2.75) is 97.1 Å². The molecule has 0 aliphatic heterocycles. The largest absolute Gasteiger partial charge is 0.391 e. The average molecular weight is 341 g/mol. The maximum Gasteiger partial charge on any atom is 0.223 e. The molecule has 142 valence electrons. The molecule has 1 aliphatic rings. The minimum Gasteiger partial charge on any atom is -0.391 e. The Morgan fingerprint density at radius 2 is 1.88 bits per heavy atom. The minimum absolute atomic E-state index is 0.0843. The SMILES string of the molecule is CCCCNC(=O)[C@H](CC(C)C)C[C@H](O)C(N)CC1CCCCC1. The van der Waals surface area contributed by atoms with E-state index in [1.807, 2.05) is 0 Å². The van der Waals surface area contributed by atoms with E-state index in [0.717, 1.165) is 32.2 Å². The second-order valence-corrected chi connectivity index (χ2v) is 8.18. The number of carbonyl (C=O) groups is 1. The van der Waals surface area contributed by atoms with Crippen LogP contribution in [0.1, 0.15) is 85.0 Å². The molecule has 1 unspecified atom stereocenters. The molecule has 0 aromatic heterocycles. The van der Waals surface area contributed by atoms with Crippen LogP contribution in [0, 0.1) is 17.8 Å². The van der Waals surface area contributed by atoms with Crippen molar-refractivity contribution in [3.63, 3.8) is 0 Å². The van der Waals surface area contributed by atoms with Gasteiger partial charge in [0.1, 0.15) is 0 Å². The van der Waals surface area contributed by atoms with Crippen molar-refractivity contribution in [2.75, 3.05) is 6.54 Å². The molecule has 1 aliphatic carbocycles. The molecule has 0 saturated heterocycles. The molecule has 0 bridgehead atoms. The van der Waals surface area contributed by atoms with Crippen molar-refractivity contribution in [2.24, 2.45) is 23.5 Å². The summed E-state index contributed by atoms with van der Waals surface area (Å²) >= 11 is 0. The number of aliphatic hydroxyl groups excluding tert-OH is 1. The first kappa shape index (κ1) is 21.4. The van der Waals surface area contributed by atoms with E-state index in [1.165, 1.54) is 32.1 Å². The molecule has 1 saturated carbocycles. The summed E-state index contributed by atoms with van der Waals surface area (Å²) in [5.74, 6) is 1.05. The molecule has 0 aromatic carbocycles. The number of amides is 1. The van der Waals surface area contributed by atoms with Gasteiger partial charge in [0.15, 0.2) is 0 Å². The Morgan fingerprint density at radius 1 is 1.21 bits per heavy atom. The summed E-state index contributed by atoms with van der Waals surface area (Å²) in [6, 6.07) is -0.203. The van der Waals surface area contributed by atoms with E-state index in [1.54, 1.807) is 0 Å². The highest BCUT2D eigenvalue weighted by molar-refractivity contribution is 5.78. The lowest BCUT2D eigenvalue weighted by molar-refractivity contribution is -0.126. The van der Waals surface area contributed by atoms with E-state index < -0.39 is 6.10 Å². The molecule has 0 radical (unpaired) electrons. The second-order valence-electron chi connectivity index (χ2n) is 8.18. The third kappa shape index (κ3) is 8.48. The molecule has 4 nitrogen and oxygen atoms in total. The van der Waals surface area contributed by atoms with Gasteiger partial charge in [-0.15, -0.1) is 0 Å². The van der Waals surface area contributed by atoms with Crippen LogP contribution in [0.2, 0.25) is 0 Å². The van der Waals surface area contributed by atoms with Crippen molar-refractivity contribution in [1.29, 1.82) is 0 Å². The zero-order valence-electron chi connectivity index (χ0n) is 16.1. The summed E-state index contributed by atoms with van der Waals surface area (Å²) < 4.78 is 0. The summed E-state index contributed by atoms with van der Waals surface area (Å²) in [6.45, 7) is 7.10. The Labute approximate surface area is 149 Å². The van der Waals surface area contributed by atoms with Crippen molar-refractivity contribution in [3.05, 3.63) is 0 Å². The van der Waals surface area contributed by atoms with Gasteiger partial charge in [0, 0.05) is 18.5 Å². The maximum atomic E-state index is 12.4. The second kappa shape index (κ2) is 11.9. The third-order valence-electron chi connectivity index (χ3n) is 5.31. The number of rotatable bonds is 11. The number of aliphatic hydroxyl groups is 1. The van der Waals surface area contributed by atoms with Gasteiger partial charge in [0.25, 0.3) is 0 Å². The van der Waals surface area contributed by atoms with E-state index in [0.29, 0.717) is 18.3 Å². The first-order valence-electron chi connectivity index (χ1n) is 10.1. The molecular weight excluding hydrogens is 300 g/mol. The predicted molar refractivity (Wildman–Crippen MR) is 101 cm³/mol. The van der Waals surface area contributed by atoms with E-state index >= 15 is 0 Å². The smallest absolute Gasteiger partial charge is 0.223 e. The quantitative estimate of drug-likeness (QED) is 0.503. The van der Waals surface area contributed by atoms with Crippen LogP contribution < -0.4 is 11.1 Å². The lowest BCUT2D eigenvalue weighted by atomic mass is 9.82. The van der Waals surface area contributed by atoms with E-state index in [-0.39, 0.29) is 17.9 Å². The first-order chi connectivity index (χ1) is 11.4. The average Bonchev–Trinajstić information content (AvgIpc) is 2.54. The molecule has 1 rings (SSSR count). The first-order valence-corrected chi connectivity index (χ1v) is 10.1. The summed E-state index contributed by atoms with van der Waals surface area (Å²) in [5.41, 5.74) is 6.27. The topological polar surface area (TPSA) is 75.3 Å². The van der Waals surface area contributed by atoms with Gasteiger partial charge in [-0.1, -0.05) is 59.3 Å². The van der Waals surface area contributed by atoms with Crippen LogP contribution in [0.15, 0.2) is 0 Å². The van der Waals surface area contributed by atoms with Gasteiger partial charge in [-0.25, -0.2) is 0 Å². The monoisotopic (exact) mass is 340 g/mol. The van der Waals surface area contributed by atoms with Crippen LogP contribution in [0.3, 0.4) is 0 Å². The van der Waals surface area contributed by atoms with Crippen molar-refractivity contribution in [3.8, 4) is 0 Å². The molecular formula is C20H40N2O2. The van der Waals surface area contributed by atoms with Crippen molar-refractivity contribution in [1.82, 2.24) is 5.32 Å². The fourth-order valence-electron chi connectivity index (χ4n) is 3.84. The van der Waals surface area contributed by atoms with Crippen LogP contribution in [0.4, 0.5) is 0 Å². The van der Waals surface area contributed by atoms with Crippen molar-refractivity contribution >= 4 is 5.91 Å². The molecule has 0 aromatic rings. The van der Waals surface area contributed by atoms with Crippen LogP contribution >= 0.6 is 0 Å². The number of hydrogen-bond acceptors (Lipinski definition) is 3. The molecule has 3 atom stereocenters. The number of unbranched alkanes of at least 4 members (excludes halogenated alkanes) is 1. The van der Waals surface area contributed by atoms with Crippen LogP contribution in [-0.2, 0) is 4.79 Å². The Morgan fingerprint density at radius 3 is 2.46 bits per heavy atom. The number of carbonyl (C=O) groups excluding carboxylic acids is 1. The number of nitrogens with one attached hydrogen (secondary N) is 1. The Kier molecular flexibility index (Phi) is 10.6. The van der Waals surface area contributed by atoms with E-state index in [9.17, 15) is 9.90 Å². The normalized spacial score (nSPS) is 19.9. The van der Waals surface area contributed by atoms with E-state index in [2.05, 4.69) is 26.1 Å². The fourth-order valence-corrected chi connectivity index (χ4v) is 3.84. The summed E-state index contributed by atoms with van der Waals surface area (Å²) in [4.78, 5) is 12.4. The van der Waals surface area contributed by atoms with Crippen LogP contribution in [-0.4, -0.2) is 29.7 Å². The molecule has 4 heteroatoms. The van der Waals surface area contributed by atoms with Crippen LogP contribution in [0.25, 0.3) is 0 Å². The third-order valence-corrected chi connectivity index (χ3v) is 5.31. The summed E-state index contributed by atoms with van der Waals surface area (Å²) in [5, 5.41) is 13.6. The van der Waals surface area contributed by atoms with Gasteiger partial charge in [0.05, 0.1) is 6.10 Å². The molecule has 0 spiro atoms. The molecule has 24 heavy (non-hydrogen) atoms. The standard InChI is InChI=1S/C20H40N2O2/c1-4-5-11-22-20(24)17(12-15(2)3)14-19(23)18(21)13-16-9-7-6-8-10-16/h15-19,23H,4-14,21H2,1-3H3,(H,22,24)/t17-,18?,19+/m1/s1. The molecule has 4 N–H and O–H groups in total. The number of hydrogen-bond donors (Lipinski definition) is 3. The van der Waals surface area contributed by atoms with Gasteiger partial charge >= 0.3 is 0 Å². The summed E-state index contributed by atoms with van der Waals surface area (Å²) in [6.07, 6.45) is 10.1. The van der Waals surface area contributed by atoms with Gasteiger partial charge < -0.3 is 16.2 Å². The Balaban J connectivity index is 2.48. The van der Waals surface area contributed by atoms with Gasteiger partial charge in [0.2, 0.25) is 5.91 Å². The Hall–Kier alpha value is -0.610. The van der Waals surface area contributed by atoms with Crippen molar-refractivity contribution < 1.29 is 9.90 Å². The maximum absolute atomic E-state index is 12.4. The van der Waals surface area contributed by atoms with Gasteiger partial charge in [-0.3, -0.25) is 4.79 Å². The van der Waals surface area contributed by atoms with Gasteiger partial charge in [-0.05, 0) is 37.5 Å². The zero-order chi connectivity index (χ0) is 17.9. The van der Waals surface area contributed by atoms with Gasteiger partial charge in [-0.2, -0.15) is 0 Å². The lowest BCUT2D eigenvalue weighted by Crippen LogP contribution is -2.41. The zero-order valence-corrected chi connectivity index (χ0v) is 16.1. The number of nitrogens with two attached hydrogens (primary N) is 1. The predicted octanol–water partition coefficient (Wildman–Crippen LogP) is 3.61. The van der Waals surface area contributed by atoms with Crippen LogP contribution in [0.5, 0.6) is 0 Å². The fraction of sp³-hybridized carbons (Fsp3) is 0.950. The molecule has 1 amide bonds. The molecule has 0 heterocycles. The highest BCUT2D eigenvalue weighted by Crippen LogP contribution is 2.28. The van der Waals surface area contributed by atoms with E-state index in [4.69, 9.17) is 5.73 Å². The lowest BCUT2D eigenvalue weighted by Gasteiger charge is -2.29. The Bertz CT molecular complexity index is 341. The molecule has 1 fully saturated rings. The minimum atomic E-state index is -0.576. The summed E-state index contributed by atoms with van der Waals surface area (Å²) in [7, 11) is 0. The highest BCUT2D eigenvalue weighted by atomic mass is 16.3. The highest BCUT2D eigenvalue weighted by Gasteiger charge is 2.27.